The zero-order chi connectivity index (χ0) is 36.2. The number of rotatable bonds is 8. The van der Waals surface area contributed by atoms with Crippen molar-refractivity contribution in [1.29, 1.82) is 0 Å². The van der Waals surface area contributed by atoms with Gasteiger partial charge in [-0.2, -0.15) is 0 Å². The monoisotopic (exact) mass is 700 g/mol. The lowest BCUT2D eigenvalue weighted by atomic mass is 9.82. The standard InChI is InChI=1S/C35H56O14/c1-17-10-13-26(37)46-20(4)22(16-44-34-32(43-9)31(42-8)27(38)21(5)47-34)30-23(48-30)11-12-25(36)35(6,40)15-18(2)29(17)49-33-28(39)24(41-7)14-19(3)45-33/h10-13,17-24,27-34,38-40H,14-16H2,1-9H3/b12-11-,13-10-. The van der Waals surface area contributed by atoms with E-state index >= 15 is 0 Å². The van der Waals surface area contributed by atoms with Crippen LogP contribution in [0.1, 0.15) is 54.4 Å². The first-order valence-corrected chi connectivity index (χ1v) is 17.1. The van der Waals surface area contributed by atoms with Gasteiger partial charge in [0.1, 0.15) is 42.2 Å². The van der Waals surface area contributed by atoms with Crippen LogP contribution in [-0.4, -0.2) is 140 Å². The number of hydrogen-bond acceptors (Lipinski definition) is 14. The van der Waals surface area contributed by atoms with Gasteiger partial charge in [-0.3, -0.25) is 4.79 Å². The second kappa shape index (κ2) is 17.1. The van der Waals surface area contributed by atoms with Gasteiger partial charge in [-0.1, -0.05) is 19.9 Å². The summed E-state index contributed by atoms with van der Waals surface area (Å²) in [6, 6.07) is 0. The molecule has 3 N–H and O–H groups in total. The van der Waals surface area contributed by atoms with Crippen molar-refractivity contribution in [3.8, 4) is 0 Å². The maximum absolute atomic E-state index is 13.3. The number of aliphatic hydroxyl groups is 3. The van der Waals surface area contributed by atoms with Crippen LogP contribution in [0.25, 0.3) is 0 Å². The van der Waals surface area contributed by atoms with Crippen molar-refractivity contribution in [2.24, 2.45) is 17.8 Å². The topological polar surface area (TPSA) is 181 Å². The molecule has 4 rings (SSSR count). The minimum Gasteiger partial charge on any atom is -0.459 e. The molecule has 17 unspecified atom stereocenters. The third-order valence-corrected chi connectivity index (χ3v) is 10.1. The van der Waals surface area contributed by atoms with Gasteiger partial charge in [-0.15, -0.1) is 0 Å². The van der Waals surface area contributed by atoms with Crippen molar-refractivity contribution in [1.82, 2.24) is 0 Å². The van der Waals surface area contributed by atoms with Gasteiger partial charge in [0.25, 0.3) is 0 Å². The van der Waals surface area contributed by atoms with E-state index in [1.807, 2.05) is 20.8 Å². The molecule has 0 radical (unpaired) electrons. The summed E-state index contributed by atoms with van der Waals surface area (Å²) in [4.78, 5) is 26.5. The number of methoxy groups -OCH3 is 3. The van der Waals surface area contributed by atoms with E-state index in [4.69, 9.17) is 42.6 Å². The smallest absolute Gasteiger partial charge is 0.330 e. The second-order valence-electron chi connectivity index (χ2n) is 14.1. The van der Waals surface area contributed by atoms with Gasteiger partial charge in [-0.25, -0.2) is 4.79 Å². The Kier molecular flexibility index (Phi) is 14.0. The van der Waals surface area contributed by atoms with Crippen LogP contribution in [0, 0.1) is 17.8 Å². The summed E-state index contributed by atoms with van der Waals surface area (Å²) in [5.74, 6) is -2.45. The van der Waals surface area contributed by atoms with E-state index in [-0.39, 0.29) is 19.1 Å². The molecule has 49 heavy (non-hydrogen) atoms. The molecule has 14 nitrogen and oxygen atoms in total. The Morgan fingerprint density at radius 3 is 2.18 bits per heavy atom. The Morgan fingerprint density at radius 2 is 1.53 bits per heavy atom. The van der Waals surface area contributed by atoms with E-state index in [2.05, 4.69) is 0 Å². The Hall–Kier alpha value is -1.82. The van der Waals surface area contributed by atoms with Gasteiger partial charge in [0.15, 0.2) is 18.4 Å². The van der Waals surface area contributed by atoms with E-state index in [0.717, 1.165) is 0 Å². The number of carbonyl (C=O) groups excluding carboxylic acids is 2. The maximum atomic E-state index is 13.3. The maximum Gasteiger partial charge on any atom is 0.330 e. The molecule has 3 saturated heterocycles. The van der Waals surface area contributed by atoms with Crippen LogP contribution >= 0.6 is 0 Å². The number of hydrogen-bond donors (Lipinski definition) is 3. The third-order valence-electron chi connectivity index (χ3n) is 10.1. The van der Waals surface area contributed by atoms with Gasteiger partial charge >= 0.3 is 5.97 Å². The fourth-order valence-electron chi connectivity index (χ4n) is 7.12. The predicted molar refractivity (Wildman–Crippen MR) is 173 cm³/mol. The molecular formula is C35H56O14. The van der Waals surface area contributed by atoms with Crippen LogP contribution in [0.5, 0.6) is 0 Å². The molecule has 17 atom stereocenters. The minimum atomic E-state index is -1.75. The first-order chi connectivity index (χ1) is 23.1. The molecule has 0 aromatic carbocycles. The van der Waals surface area contributed by atoms with Gasteiger partial charge in [0.2, 0.25) is 0 Å². The highest BCUT2D eigenvalue weighted by Gasteiger charge is 2.50. The SMILES string of the molecule is COC1CC(C)OC(OC2C(C)/C=C\C(=O)OC(C)C(COC3OC(C)C(O)C(OC)C3OC)C3OC3/C=C\C(=O)C(C)(O)CC2C)C1O. The van der Waals surface area contributed by atoms with Crippen LogP contribution in [0.3, 0.4) is 0 Å². The van der Waals surface area contributed by atoms with Crippen LogP contribution in [0.15, 0.2) is 24.3 Å². The predicted octanol–water partition coefficient (Wildman–Crippen LogP) is 1.46. The molecule has 4 heterocycles. The zero-order valence-corrected chi connectivity index (χ0v) is 30.0. The van der Waals surface area contributed by atoms with Crippen molar-refractivity contribution < 1.29 is 67.5 Å². The number of esters is 1. The number of cyclic esters (lactones) is 1. The van der Waals surface area contributed by atoms with Crippen molar-refractivity contribution in [3.63, 3.8) is 0 Å². The molecule has 0 aromatic heterocycles. The van der Waals surface area contributed by atoms with E-state index in [9.17, 15) is 24.9 Å². The van der Waals surface area contributed by atoms with Crippen molar-refractivity contribution in [2.75, 3.05) is 27.9 Å². The van der Waals surface area contributed by atoms with Gasteiger partial charge in [-0.05, 0) is 52.2 Å². The molecule has 0 bridgehead atoms. The molecule has 0 spiro atoms. The number of ether oxygens (including phenoxy) is 9. The van der Waals surface area contributed by atoms with Crippen molar-refractivity contribution in [2.45, 2.75) is 140 Å². The molecule has 4 aliphatic rings. The lowest BCUT2D eigenvalue weighted by molar-refractivity contribution is -0.305. The van der Waals surface area contributed by atoms with Gasteiger partial charge in [0.05, 0.1) is 37.1 Å². The summed E-state index contributed by atoms with van der Waals surface area (Å²) in [6.45, 7) is 10.4. The average Bonchev–Trinajstić information content (AvgIpc) is 3.82. The first kappa shape index (κ1) is 40.0. The minimum absolute atomic E-state index is 0.0234. The average molecular weight is 701 g/mol. The molecule has 0 aliphatic carbocycles. The van der Waals surface area contributed by atoms with E-state index < -0.39 is 109 Å². The van der Waals surface area contributed by atoms with Crippen molar-refractivity contribution in [3.05, 3.63) is 24.3 Å². The van der Waals surface area contributed by atoms with Gasteiger partial charge < -0.3 is 58.0 Å². The largest absolute Gasteiger partial charge is 0.459 e. The molecule has 14 heteroatoms. The number of carbonyl (C=O) groups is 2. The molecular weight excluding hydrogens is 644 g/mol. The highest BCUT2D eigenvalue weighted by atomic mass is 16.7. The highest BCUT2D eigenvalue weighted by molar-refractivity contribution is 5.96. The normalized spacial score (nSPS) is 48.3. The van der Waals surface area contributed by atoms with Crippen LogP contribution in [0.2, 0.25) is 0 Å². The molecule has 0 amide bonds. The molecule has 4 aliphatic heterocycles. The molecule has 0 saturated carbocycles. The summed E-state index contributed by atoms with van der Waals surface area (Å²) in [6.07, 6.45) is -2.67. The number of aliphatic hydroxyl groups excluding tert-OH is 2. The zero-order valence-electron chi connectivity index (χ0n) is 30.0. The lowest BCUT2D eigenvalue weighted by Gasteiger charge is -2.42. The van der Waals surface area contributed by atoms with E-state index in [1.165, 1.54) is 40.4 Å². The van der Waals surface area contributed by atoms with Gasteiger partial charge in [0, 0.05) is 45.7 Å². The summed E-state index contributed by atoms with van der Waals surface area (Å²) < 4.78 is 52.6. The Labute approximate surface area is 288 Å². The summed E-state index contributed by atoms with van der Waals surface area (Å²) in [5.41, 5.74) is -1.75. The first-order valence-electron chi connectivity index (χ1n) is 17.1. The highest BCUT2D eigenvalue weighted by Crippen LogP contribution is 2.37. The molecule has 280 valence electrons. The fraction of sp³-hybridized carbons (Fsp3) is 0.829. The molecule has 3 fully saturated rings. The lowest BCUT2D eigenvalue weighted by Crippen LogP contribution is -2.59. The quantitative estimate of drug-likeness (QED) is 0.245. The summed E-state index contributed by atoms with van der Waals surface area (Å²) >= 11 is 0. The Bertz CT molecular complexity index is 1160. The fourth-order valence-corrected chi connectivity index (χ4v) is 7.12. The van der Waals surface area contributed by atoms with Crippen LogP contribution < -0.4 is 0 Å². The molecule has 0 aromatic rings. The number of fused-ring (bicyclic) bond motifs is 1. The number of epoxide rings is 1. The summed E-state index contributed by atoms with van der Waals surface area (Å²) in [7, 11) is 4.46. The summed E-state index contributed by atoms with van der Waals surface area (Å²) in [5, 5.41) is 32.8. The Morgan fingerprint density at radius 1 is 0.837 bits per heavy atom. The van der Waals surface area contributed by atoms with Crippen LogP contribution in [-0.2, 0) is 52.2 Å². The third kappa shape index (κ3) is 9.74. The Balaban J connectivity index is 1.56. The second-order valence-corrected chi connectivity index (χ2v) is 14.1. The van der Waals surface area contributed by atoms with E-state index in [1.54, 1.807) is 26.0 Å². The van der Waals surface area contributed by atoms with Crippen LogP contribution in [0.4, 0.5) is 0 Å². The van der Waals surface area contributed by atoms with E-state index in [0.29, 0.717) is 6.42 Å². The number of ketones is 1. The van der Waals surface area contributed by atoms with Crippen molar-refractivity contribution >= 4 is 11.8 Å².